The van der Waals surface area contributed by atoms with Crippen molar-refractivity contribution in [3.8, 4) is 5.75 Å². The van der Waals surface area contributed by atoms with Gasteiger partial charge in [-0.05, 0) is 48.5 Å². The number of methoxy groups -OCH3 is 1. The zero-order valence-electron chi connectivity index (χ0n) is 10.4. The third kappa shape index (κ3) is 3.51. The third-order valence-corrected chi connectivity index (χ3v) is 5.03. The summed E-state index contributed by atoms with van der Waals surface area (Å²) in [4.78, 5) is 12.3. The van der Waals surface area contributed by atoms with Gasteiger partial charge in [0.15, 0.2) is 5.78 Å². The predicted octanol–water partition coefficient (Wildman–Crippen LogP) is 4.17. The van der Waals surface area contributed by atoms with Gasteiger partial charge >= 0.3 is 0 Å². The van der Waals surface area contributed by atoms with Gasteiger partial charge in [-0.1, -0.05) is 15.9 Å². The first-order valence-corrected chi connectivity index (χ1v) is 8.10. The highest BCUT2D eigenvalue weighted by molar-refractivity contribution is 9.10. The third-order valence-electron chi connectivity index (χ3n) is 3.29. The van der Waals surface area contributed by atoms with E-state index in [0.29, 0.717) is 12.3 Å². The Hall–Kier alpha value is -0.480. The SMILES string of the molecule is COc1ccc(Br)c(C(=O)CC2CCSCC2)c1. The molecule has 0 atom stereocenters. The zero-order chi connectivity index (χ0) is 13.0. The Morgan fingerprint density at radius 3 is 2.83 bits per heavy atom. The number of thioether (sulfide) groups is 1. The van der Waals surface area contributed by atoms with Gasteiger partial charge in [0.2, 0.25) is 0 Å². The van der Waals surface area contributed by atoms with Crippen LogP contribution in [0, 0.1) is 5.92 Å². The van der Waals surface area contributed by atoms with Gasteiger partial charge in [-0.3, -0.25) is 4.79 Å². The molecule has 1 aromatic carbocycles. The smallest absolute Gasteiger partial charge is 0.164 e. The van der Waals surface area contributed by atoms with E-state index in [2.05, 4.69) is 15.9 Å². The van der Waals surface area contributed by atoms with Gasteiger partial charge in [0.05, 0.1) is 7.11 Å². The lowest BCUT2D eigenvalue weighted by molar-refractivity contribution is 0.0957. The van der Waals surface area contributed by atoms with E-state index < -0.39 is 0 Å². The second-order valence-electron chi connectivity index (χ2n) is 4.53. The van der Waals surface area contributed by atoms with E-state index in [4.69, 9.17) is 4.74 Å². The van der Waals surface area contributed by atoms with Crippen LogP contribution in [0.25, 0.3) is 0 Å². The minimum atomic E-state index is 0.220. The Labute approximate surface area is 121 Å². The molecule has 1 fully saturated rings. The van der Waals surface area contributed by atoms with Crippen molar-refractivity contribution in [2.24, 2.45) is 5.92 Å². The van der Waals surface area contributed by atoms with Crippen LogP contribution in [0.2, 0.25) is 0 Å². The van der Waals surface area contributed by atoms with Crippen LogP contribution in [0.3, 0.4) is 0 Å². The second kappa shape index (κ2) is 6.62. The van der Waals surface area contributed by atoms with Gasteiger partial charge in [0, 0.05) is 16.5 Å². The van der Waals surface area contributed by atoms with Gasteiger partial charge in [-0.25, -0.2) is 0 Å². The number of benzene rings is 1. The number of ketones is 1. The normalized spacial score (nSPS) is 16.6. The molecule has 0 N–H and O–H groups in total. The van der Waals surface area contributed by atoms with Crippen molar-refractivity contribution < 1.29 is 9.53 Å². The molecule has 1 aromatic rings. The van der Waals surface area contributed by atoms with Crippen LogP contribution in [0.1, 0.15) is 29.6 Å². The fourth-order valence-electron chi connectivity index (χ4n) is 2.17. The van der Waals surface area contributed by atoms with Crippen molar-refractivity contribution in [1.82, 2.24) is 0 Å². The van der Waals surface area contributed by atoms with Crippen LogP contribution in [0.5, 0.6) is 5.75 Å². The number of Topliss-reactive ketones (excluding diaryl/α,β-unsaturated/α-hetero) is 1. The fourth-order valence-corrected chi connectivity index (χ4v) is 3.84. The van der Waals surface area contributed by atoms with Crippen molar-refractivity contribution >= 4 is 33.5 Å². The molecule has 18 heavy (non-hydrogen) atoms. The molecule has 0 bridgehead atoms. The van der Waals surface area contributed by atoms with Gasteiger partial charge in [0.1, 0.15) is 5.75 Å². The van der Waals surface area contributed by atoms with E-state index in [-0.39, 0.29) is 5.78 Å². The quantitative estimate of drug-likeness (QED) is 0.776. The molecule has 0 aromatic heterocycles. The lowest BCUT2D eigenvalue weighted by Crippen LogP contribution is -2.14. The molecule has 0 unspecified atom stereocenters. The number of ether oxygens (including phenoxy) is 1. The maximum Gasteiger partial charge on any atom is 0.164 e. The summed E-state index contributed by atoms with van der Waals surface area (Å²) in [5, 5.41) is 0. The molecule has 1 aliphatic heterocycles. The highest BCUT2D eigenvalue weighted by Gasteiger charge is 2.19. The molecule has 0 spiro atoms. The summed E-state index contributed by atoms with van der Waals surface area (Å²) in [6.07, 6.45) is 2.99. The van der Waals surface area contributed by atoms with Gasteiger partial charge < -0.3 is 4.74 Å². The highest BCUT2D eigenvalue weighted by Crippen LogP contribution is 2.29. The number of rotatable bonds is 4. The monoisotopic (exact) mass is 328 g/mol. The average Bonchev–Trinajstić information content (AvgIpc) is 2.40. The summed E-state index contributed by atoms with van der Waals surface area (Å²) >= 11 is 5.43. The molecule has 1 aliphatic rings. The van der Waals surface area contributed by atoms with Gasteiger partial charge in [-0.2, -0.15) is 11.8 Å². The van der Waals surface area contributed by atoms with Crippen LogP contribution in [0.4, 0.5) is 0 Å². The summed E-state index contributed by atoms with van der Waals surface area (Å²) in [6, 6.07) is 5.56. The lowest BCUT2D eigenvalue weighted by Gasteiger charge is -2.20. The molecular formula is C14H17BrO2S. The Bertz CT molecular complexity index is 428. The maximum atomic E-state index is 12.3. The van der Waals surface area contributed by atoms with Crippen molar-refractivity contribution in [2.45, 2.75) is 19.3 Å². The molecule has 4 heteroatoms. The molecule has 98 valence electrons. The van der Waals surface area contributed by atoms with E-state index >= 15 is 0 Å². The molecular weight excluding hydrogens is 312 g/mol. The van der Waals surface area contributed by atoms with Crippen LogP contribution >= 0.6 is 27.7 Å². The molecule has 2 rings (SSSR count). The lowest BCUT2D eigenvalue weighted by atomic mass is 9.93. The molecule has 1 saturated heterocycles. The van der Waals surface area contributed by atoms with E-state index in [1.54, 1.807) is 7.11 Å². The van der Waals surface area contributed by atoms with Crippen molar-refractivity contribution in [1.29, 1.82) is 0 Å². The van der Waals surface area contributed by atoms with E-state index in [9.17, 15) is 4.79 Å². The largest absolute Gasteiger partial charge is 0.497 e. The highest BCUT2D eigenvalue weighted by atomic mass is 79.9. The molecule has 1 heterocycles. The Morgan fingerprint density at radius 1 is 1.44 bits per heavy atom. The summed E-state index contributed by atoms with van der Waals surface area (Å²) in [5.74, 6) is 3.89. The summed E-state index contributed by atoms with van der Waals surface area (Å²) in [7, 11) is 1.62. The number of carbonyl (C=O) groups is 1. The maximum absolute atomic E-state index is 12.3. The standard InChI is InChI=1S/C14H17BrO2S/c1-17-11-2-3-13(15)12(9-11)14(16)8-10-4-6-18-7-5-10/h2-3,9-10H,4-8H2,1H3. The first-order valence-electron chi connectivity index (χ1n) is 6.15. The van der Waals surface area contributed by atoms with E-state index in [1.807, 2.05) is 30.0 Å². The van der Waals surface area contributed by atoms with Gasteiger partial charge in [-0.15, -0.1) is 0 Å². The van der Waals surface area contributed by atoms with E-state index in [1.165, 1.54) is 11.5 Å². The molecule has 0 amide bonds. The van der Waals surface area contributed by atoms with Crippen LogP contribution in [0.15, 0.2) is 22.7 Å². The number of hydrogen-bond acceptors (Lipinski definition) is 3. The second-order valence-corrected chi connectivity index (χ2v) is 6.61. The van der Waals surface area contributed by atoms with Crippen molar-refractivity contribution in [3.63, 3.8) is 0 Å². The molecule has 0 aliphatic carbocycles. The zero-order valence-corrected chi connectivity index (χ0v) is 12.9. The average molecular weight is 329 g/mol. The van der Waals surface area contributed by atoms with Crippen LogP contribution in [-0.4, -0.2) is 24.4 Å². The number of hydrogen-bond donors (Lipinski definition) is 0. The Balaban J connectivity index is 2.07. The first-order chi connectivity index (χ1) is 8.70. The summed E-state index contributed by atoms with van der Waals surface area (Å²) in [6.45, 7) is 0. The minimum Gasteiger partial charge on any atom is -0.497 e. The predicted molar refractivity (Wildman–Crippen MR) is 79.7 cm³/mol. The van der Waals surface area contributed by atoms with Crippen molar-refractivity contribution in [2.75, 3.05) is 18.6 Å². The number of carbonyl (C=O) groups excluding carboxylic acids is 1. The molecule has 0 saturated carbocycles. The van der Waals surface area contributed by atoms with Crippen molar-refractivity contribution in [3.05, 3.63) is 28.2 Å². The fraction of sp³-hybridized carbons (Fsp3) is 0.500. The molecule has 0 radical (unpaired) electrons. The minimum absolute atomic E-state index is 0.220. The van der Waals surface area contributed by atoms with Crippen LogP contribution in [-0.2, 0) is 0 Å². The summed E-state index contributed by atoms with van der Waals surface area (Å²) in [5.41, 5.74) is 0.743. The topological polar surface area (TPSA) is 26.3 Å². The Morgan fingerprint density at radius 2 is 2.17 bits per heavy atom. The Kier molecular flexibility index (Phi) is 5.13. The number of halogens is 1. The van der Waals surface area contributed by atoms with Gasteiger partial charge in [0.25, 0.3) is 0 Å². The van der Waals surface area contributed by atoms with Crippen LogP contribution < -0.4 is 4.74 Å². The van der Waals surface area contributed by atoms with E-state index in [0.717, 1.165) is 28.6 Å². The summed E-state index contributed by atoms with van der Waals surface area (Å²) < 4.78 is 6.03. The first kappa shape index (κ1) is 13.9. The molecule has 2 nitrogen and oxygen atoms in total.